The Bertz CT molecular complexity index is 395. The molecule has 0 aliphatic carbocycles. The number of carboxylic acid groups (broad SMARTS) is 1. The zero-order valence-corrected chi connectivity index (χ0v) is 12.2. The van der Waals surface area contributed by atoms with Crippen molar-refractivity contribution in [3.63, 3.8) is 0 Å². The highest BCUT2D eigenvalue weighted by Crippen LogP contribution is 2.28. The number of aliphatic carboxylic acids is 1. The van der Waals surface area contributed by atoms with Gasteiger partial charge in [0, 0.05) is 11.0 Å². The van der Waals surface area contributed by atoms with Crippen LogP contribution in [0.25, 0.3) is 0 Å². The number of thioether (sulfide) groups is 1. The maximum Gasteiger partial charge on any atom is 0.304 e. The third-order valence-corrected chi connectivity index (χ3v) is 4.07. The van der Waals surface area contributed by atoms with Crippen molar-refractivity contribution in [3.8, 4) is 5.75 Å². The first-order valence-corrected chi connectivity index (χ1v) is 7.03. The van der Waals surface area contributed by atoms with Gasteiger partial charge in [-0.1, -0.05) is 13.0 Å². The second-order valence-electron chi connectivity index (χ2n) is 3.69. The first-order chi connectivity index (χ1) is 8.02. The van der Waals surface area contributed by atoms with Gasteiger partial charge in [-0.2, -0.15) is 11.8 Å². The van der Waals surface area contributed by atoms with E-state index in [2.05, 4.69) is 15.9 Å². The Balaban J connectivity index is 2.52. The monoisotopic (exact) mass is 318 g/mol. The third kappa shape index (κ3) is 5.00. The fraction of sp³-hybridized carbons (Fsp3) is 0.417. The van der Waals surface area contributed by atoms with Crippen LogP contribution >= 0.6 is 27.7 Å². The van der Waals surface area contributed by atoms with Gasteiger partial charge >= 0.3 is 5.97 Å². The fourth-order valence-corrected chi connectivity index (χ4v) is 2.85. The number of ether oxygens (including phenoxy) is 1. The summed E-state index contributed by atoms with van der Waals surface area (Å²) in [6.07, 6.45) is 0.196. The molecular formula is C12H15BrO3S. The Morgan fingerprint density at radius 3 is 2.82 bits per heavy atom. The zero-order valence-electron chi connectivity index (χ0n) is 9.77. The molecule has 1 unspecified atom stereocenters. The summed E-state index contributed by atoms with van der Waals surface area (Å²) in [5.41, 5.74) is 1.15. The van der Waals surface area contributed by atoms with E-state index in [9.17, 15) is 4.79 Å². The van der Waals surface area contributed by atoms with E-state index in [1.807, 2.05) is 25.1 Å². The highest BCUT2D eigenvalue weighted by molar-refractivity contribution is 9.10. The van der Waals surface area contributed by atoms with E-state index in [4.69, 9.17) is 9.84 Å². The van der Waals surface area contributed by atoms with Gasteiger partial charge in [-0.3, -0.25) is 4.79 Å². The maximum atomic E-state index is 10.5. The van der Waals surface area contributed by atoms with E-state index in [1.165, 1.54) is 0 Å². The molecule has 0 aromatic heterocycles. The van der Waals surface area contributed by atoms with Crippen molar-refractivity contribution in [2.75, 3.05) is 7.11 Å². The van der Waals surface area contributed by atoms with Gasteiger partial charge < -0.3 is 9.84 Å². The molecule has 1 aromatic rings. The molecule has 0 amide bonds. The van der Waals surface area contributed by atoms with Gasteiger partial charge in [0.05, 0.1) is 18.0 Å². The molecular weight excluding hydrogens is 304 g/mol. The van der Waals surface area contributed by atoms with Crippen molar-refractivity contribution >= 4 is 33.7 Å². The molecule has 1 aromatic carbocycles. The van der Waals surface area contributed by atoms with E-state index < -0.39 is 5.97 Å². The second kappa shape index (κ2) is 6.91. The molecule has 0 radical (unpaired) electrons. The second-order valence-corrected chi connectivity index (χ2v) is 5.97. The molecule has 0 aliphatic rings. The first-order valence-electron chi connectivity index (χ1n) is 5.18. The molecule has 0 saturated carbocycles. The summed E-state index contributed by atoms with van der Waals surface area (Å²) < 4.78 is 6.07. The van der Waals surface area contributed by atoms with Crippen molar-refractivity contribution in [1.82, 2.24) is 0 Å². The number of hydrogen-bond donors (Lipinski definition) is 1. The van der Waals surface area contributed by atoms with Gasteiger partial charge in [-0.05, 0) is 33.6 Å². The lowest BCUT2D eigenvalue weighted by molar-refractivity contribution is -0.136. The van der Waals surface area contributed by atoms with Crippen LogP contribution in [0.5, 0.6) is 5.75 Å². The molecule has 1 atom stereocenters. The average molecular weight is 319 g/mol. The van der Waals surface area contributed by atoms with Gasteiger partial charge in [-0.15, -0.1) is 0 Å². The Morgan fingerprint density at radius 1 is 1.59 bits per heavy atom. The van der Waals surface area contributed by atoms with Crippen LogP contribution in [0.2, 0.25) is 0 Å². The molecule has 17 heavy (non-hydrogen) atoms. The molecule has 0 heterocycles. The number of hydrogen-bond acceptors (Lipinski definition) is 3. The fourth-order valence-electron chi connectivity index (χ4n) is 1.34. The SMILES string of the molecule is COc1ccc(CSC(C)CC(=O)O)cc1Br. The van der Waals surface area contributed by atoms with Gasteiger partial charge in [0.15, 0.2) is 0 Å². The van der Waals surface area contributed by atoms with E-state index in [-0.39, 0.29) is 11.7 Å². The smallest absolute Gasteiger partial charge is 0.304 e. The minimum Gasteiger partial charge on any atom is -0.496 e. The van der Waals surface area contributed by atoms with Crippen molar-refractivity contribution in [2.24, 2.45) is 0 Å². The number of rotatable bonds is 6. The van der Waals surface area contributed by atoms with Crippen LogP contribution in [0.4, 0.5) is 0 Å². The third-order valence-electron chi connectivity index (χ3n) is 2.21. The summed E-state index contributed by atoms with van der Waals surface area (Å²) in [6.45, 7) is 1.93. The summed E-state index contributed by atoms with van der Waals surface area (Å²) in [4.78, 5) is 10.5. The standard InChI is InChI=1S/C12H15BrO3S/c1-8(5-12(14)15)17-7-9-3-4-11(16-2)10(13)6-9/h3-4,6,8H,5,7H2,1-2H3,(H,14,15). The highest BCUT2D eigenvalue weighted by atomic mass is 79.9. The molecule has 0 bridgehead atoms. The Labute approximate surface area is 114 Å². The number of methoxy groups -OCH3 is 1. The molecule has 1 N–H and O–H groups in total. The highest BCUT2D eigenvalue weighted by Gasteiger charge is 2.09. The lowest BCUT2D eigenvalue weighted by Gasteiger charge is -2.09. The molecule has 0 fully saturated rings. The van der Waals surface area contributed by atoms with Crippen molar-refractivity contribution in [1.29, 1.82) is 0 Å². The van der Waals surface area contributed by atoms with Crippen LogP contribution in [0.1, 0.15) is 18.9 Å². The van der Waals surface area contributed by atoms with Crippen LogP contribution < -0.4 is 4.74 Å². The number of benzene rings is 1. The normalized spacial score (nSPS) is 12.2. The Morgan fingerprint density at radius 2 is 2.29 bits per heavy atom. The van der Waals surface area contributed by atoms with Gasteiger partial charge in [-0.25, -0.2) is 0 Å². The van der Waals surface area contributed by atoms with E-state index >= 15 is 0 Å². The lowest BCUT2D eigenvalue weighted by Crippen LogP contribution is -2.05. The van der Waals surface area contributed by atoms with Crippen LogP contribution in [-0.4, -0.2) is 23.4 Å². The largest absolute Gasteiger partial charge is 0.496 e. The number of carbonyl (C=O) groups is 1. The summed E-state index contributed by atoms with van der Waals surface area (Å²) >= 11 is 5.06. The minimum absolute atomic E-state index is 0.119. The van der Waals surface area contributed by atoms with E-state index in [1.54, 1.807) is 18.9 Å². The summed E-state index contributed by atoms with van der Waals surface area (Å²) in [7, 11) is 1.63. The predicted octanol–water partition coefficient (Wildman–Crippen LogP) is 3.55. The molecule has 3 nitrogen and oxygen atoms in total. The van der Waals surface area contributed by atoms with E-state index in [0.717, 1.165) is 21.5 Å². The maximum absolute atomic E-state index is 10.5. The Kier molecular flexibility index (Phi) is 5.85. The van der Waals surface area contributed by atoms with Crippen LogP contribution in [0, 0.1) is 0 Å². The molecule has 1 rings (SSSR count). The molecule has 94 valence electrons. The van der Waals surface area contributed by atoms with Crippen molar-refractivity contribution in [3.05, 3.63) is 28.2 Å². The van der Waals surface area contributed by atoms with Crippen molar-refractivity contribution < 1.29 is 14.6 Å². The molecule has 0 aliphatic heterocycles. The number of carboxylic acids is 1. The van der Waals surface area contributed by atoms with E-state index in [0.29, 0.717) is 0 Å². The summed E-state index contributed by atoms with van der Waals surface area (Å²) in [5, 5.41) is 8.78. The molecule has 0 spiro atoms. The van der Waals surface area contributed by atoms with Gasteiger partial charge in [0.25, 0.3) is 0 Å². The first kappa shape index (κ1) is 14.4. The number of halogens is 1. The summed E-state index contributed by atoms with van der Waals surface area (Å²) in [6, 6.07) is 5.89. The van der Waals surface area contributed by atoms with Crippen LogP contribution in [0.3, 0.4) is 0 Å². The zero-order chi connectivity index (χ0) is 12.8. The van der Waals surface area contributed by atoms with Gasteiger partial charge in [0.2, 0.25) is 0 Å². The minimum atomic E-state index is -0.749. The van der Waals surface area contributed by atoms with Crippen molar-refractivity contribution in [2.45, 2.75) is 24.3 Å². The van der Waals surface area contributed by atoms with Crippen LogP contribution in [0.15, 0.2) is 22.7 Å². The van der Waals surface area contributed by atoms with Crippen LogP contribution in [-0.2, 0) is 10.5 Å². The predicted molar refractivity (Wildman–Crippen MR) is 73.7 cm³/mol. The molecule has 0 saturated heterocycles. The lowest BCUT2D eigenvalue weighted by atomic mass is 10.2. The topological polar surface area (TPSA) is 46.5 Å². The quantitative estimate of drug-likeness (QED) is 0.871. The van der Waals surface area contributed by atoms with Gasteiger partial charge in [0.1, 0.15) is 5.75 Å². The average Bonchev–Trinajstić information content (AvgIpc) is 2.25. The Hall–Kier alpha value is -0.680. The summed E-state index contributed by atoms with van der Waals surface area (Å²) in [5.74, 6) is 0.857. The molecule has 5 heteroatoms.